The van der Waals surface area contributed by atoms with E-state index in [0.717, 1.165) is 13.2 Å². The Morgan fingerprint density at radius 2 is 2.38 bits per heavy atom. The quantitative estimate of drug-likeness (QED) is 0.873. The fourth-order valence-corrected chi connectivity index (χ4v) is 3.76. The third-order valence-corrected chi connectivity index (χ3v) is 4.66. The Morgan fingerprint density at radius 1 is 1.38 bits per heavy atom. The topological polar surface area (TPSA) is 21.3 Å². The Hall–Kier alpha value is -0.380. The van der Waals surface area contributed by atoms with Gasteiger partial charge >= 0.3 is 0 Å². The van der Waals surface area contributed by atoms with Gasteiger partial charge in [-0.05, 0) is 49.1 Å². The van der Waals surface area contributed by atoms with Crippen molar-refractivity contribution in [1.82, 2.24) is 5.32 Å². The Labute approximate surface area is 101 Å². The average Bonchev–Trinajstić information content (AvgIpc) is 2.97. The molecule has 2 aliphatic rings. The number of hydrogen-bond donors (Lipinski definition) is 1. The van der Waals surface area contributed by atoms with Crippen LogP contribution in [0.2, 0.25) is 0 Å². The summed E-state index contributed by atoms with van der Waals surface area (Å²) in [5, 5.41) is 5.92. The van der Waals surface area contributed by atoms with Gasteiger partial charge in [-0.25, -0.2) is 0 Å². The lowest BCUT2D eigenvalue weighted by Crippen LogP contribution is -2.31. The number of hydrogen-bond acceptors (Lipinski definition) is 3. The van der Waals surface area contributed by atoms with Crippen molar-refractivity contribution in [1.29, 1.82) is 0 Å². The van der Waals surface area contributed by atoms with E-state index in [1.165, 1.54) is 32.1 Å². The van der Waals surface area contributed by atoms with Gasteiger partial charge in [0.05, 0.1) is 6.10 Å². The van der Waals surface area contributed by atoms with E-state index in [4.69, 9.17) is 4.74 Å². The molecule has 0 bridgehead atoms. The van der Waals surface area contributed by atoms with Crippen molar-refractivity contribution in [3.05, 3.63) is 21.9 Å². The summed E-state index contributed by atoms with van der Waals surface area (Å²) in [5.41, 5.74) is 1.55. The van der Waals surface area contributed by atoms with E-state index in [1.807, 2.05) is 11.3 Å². The molecule has 1 aromatic heterocycles. The third kappa shape index (κ3) is 2.17. The standard InChI is InChI=1S/C13H19NOS/c1-4-12(11-6-8-16-13(11)5-1)14-9-10-3-2-7-15-10/h6,8,10,12,14H,1-5,7,9H2. The molecule has 1 aromatic rings. The SMILES string of the molecule is c1cc2c(s1)CCCC2NCC1CCCO1. The molecule has 0 saturated carbocycles. The van der Waals surface area contributed by atoms with E-state index in [1.54, 1.807) is 10.4 Å². The highest BCUT2D eigenvalue weighted by atomic mass is 32.1. The van der Waals surface area contributed by atoms with Crippen LogP contribution >= 0.6 is 11.3 Å². The van der Waals surface area contributed by atoms with Gasteiger partial charge in [0.25, 0.3) is 0 Å². The van der Waals surface area contributed by atoms with Crippen molar-refractivity contribution in [3.8, 4) is 0 Å². The smallest absolute Gasteiger partial charge is 0.0700 e. The Morgan fingerprint density at radius 3 is 3.25 bits per heavy atom. The monoisotopic (exact) mass is 237 g/mol. The van der Waals surface area contributed by atoms with Crippen molar-refractivity contribution >= 4 is 11.3 Å². The van der Waals surface area contributed by atoms with Crippen LogP contribution in [0.4, 0.5) is 0 Å². The minimum absolute atomic E-state index is 0.462. The van der Waals surface area contributed by atoms with Crippen LogP contribution in [0.3, 0.4) is 0 Å². The molecule has 0 amide bonds. The molecule has 1 aliphatic heterocycles. The van der Waals surface area contributed by atoms with Crippen molar-refractivity contribution in [3.63, 3.8) is 0 Å². The van der Waals surface area contributed by atoms with Gasteiger partial charge in [0.15, 0.2) is 0 Å². The molecule has 1 aliphatic carbocycles. The first-order valence-electron chi connectivity index (χ1n) is 6.35. The molecule has 0 radical (unpaired) electrons. The molecular weight excluding hydrogens is 218 g/mol. The first-order chi connectivity index (χ1) is 7.93. The van der Waals surface area contributed by atoms with E-state index in [0.29, 0.717) is 12.1 Å². The maximum Gasteiger partial charge on any atom is 0.0700 e. The molecule has 1 saturated heterocycles. The number of thiophene rings is 1. The molecular formula is C13H19NOS. The molecule has 1 N–H and O–H groups in total. The highest BCUT2D eigenvalue weighted by Gasteiger charge is 2.22. The first-order valence-corrected chi connectivity index (χ1v) is 7.23. The van der Waals surface area contributed by atoms with Crippen LogP contribution in [0.1, 0.15) is 42.2 Å². The van der Waals surface area contributed by atoms with E-state index < -0.39 is 0 Å². The minimum Gasteiger partial charge on any atom is -0.377 e. The summed E-state index contributed by atoms with van der Waals surface area (Å²) < 4.78 is 5.65. The molecule has 0 aromatic carbocycles. The summed E-state index contributed by atoms with van der Waals surface area (Å²) in [6.45, 7) is 1.99. The molecule has 2 heterocycles. The zero-order chi connectivity index (χ0) is 10.8. The summed E-state index contributed by atoms with van der Waals surface area (Å²) >= 11 is 1.92. The molecule has 16 heavy (non-hydrogen) atoms. The van der Waals surface area contributed by atoms with Crippen molar-refractivity contribution in [2.24, 2.45) is 0 Å². The van der Waals surface area contributed by atoms with Crippen LogP contribution in [0, 0.1) is 0 Å². The molecule has 1 fully saturated rings. The lowest BCUT2D eigenvalue weighted by Gasteiger charge is -2.25. The molecule has 0 spiro atoms. The van der Waals surface area contributed by atoms with Crippen LogP contribution in [-0.4, -0.2) is 19.3 Å². The maximum absolute atomic E-state index is 5.65. The number of aryl methyl sites for hydroxylation is 1. The Bertz CT molecular complexity index is 343. The van der Waals surface area contributed by atoms with Gasteiger partial charge < -0.3 is 10.1 Å². The zero-order valence-corrected chi connectivity index (χ0v) is 10.4. The highest BCUT2D eigenvalue weighted by Crippen LogP contribution is 2.33. The van der Waals surface area contributed by atoms with Gasteiger partial charge in [-0.3, -0.25) is 0 Å². The predicted molar refractivity (Wildman–Crippen MR) is 67.0 cm³/mol. The normalized spacial score (nSPS) is 29.2. The van der Waals surface area contributed by atoms with Gasteiger partial charge in [0.1, 0.15) is 0 Å². The summed E-state index contributed by atoms with van der Waals surface area (Å²) in [6, 6.07) is 2.88. The van der Waals surface area contributed by atoms with Crippen molar-refractivity contribution < 1.29 is 4.74 Å². The second-order valence-corrected chi connectivity index (χ2v) is 5.79. The van der Waals surface area contributed by atoms with Crippen molar-refractivity contribution in [2.45, 2.75) is 44.2 Å². The molecule has 2 nitrogen and oxygen atoms in total. The van der Waals surface area contributed by atoms with Gasteiger partial charge in [-0.1, -0.05) is 0 Å². The minimum atomic E-state index is 0.462. The van der Waals surface area contributed by atoms with Crippen LogP contribution in [0.15, 0.2) is 11.4 Å². The number of nitrogens with one attached hydrogen (secondary N) is 1. The van der Waals surface area contributed by atoms with E-state index in [2.05, 4.69) is 16.8 Å². The van der Waals surface area contributed by atoms with Gasteiger partial charge in [0.2, 0.25) is 0 Å². The Kier molecular flexibility index (Phi) is 3.27. The van der Waals surface area contributed by atoms with Gasteiger partial charge in [-0.2, -0.15) is 0 Å². The van der Waals surface area contributed by atoms with Crippen LogP contribution < -0.4 is 5.32 Å². The number of fused-ring (bicyclic) bond motifs is 1. The van der Waals surface area contributed by atoms with Crippen molar-refractivity contribution in [2.75, 3.05) is 13.2 Å². The average molecular weight is 237 g/mol. The lowest BCUT2D eigenvalue weighted by atomic mass is 9.94. The fourth-order valence-electron chi connectivity index (χ4n) is 2.78. The molecule has 2 atom stereocenters. The van der Waals surface area contributed by atoms with Gasteiger partial charge in [0, 0.05) is 24.1 Å². The number of rotatable bonds is 3. The predicted octanol–water partition coefficient (Wildman–Crippen LogP) is 2.89. The largest absolute Gasteiger partial charge is 0.377 e. The van der Waals surface area contributed by atoms with Gasteiger partial charge in [-0.15, -0.1) is 11.3 Å². The second-order valence-electron chi connectivity index (χ2n) is 4.79. The van der Waals surface area contributed by atoms with E-state index >= 15 is 0 Å². The summed E-state index contributed by atoms with van der Waals surface area (Å²) in [5.74, 6) is 0. The molecule has 88 valence electrons. The van der Waals surface area contributed by atoms with Crippen LogP contribution in [-0.2, 0) is 11.2 Å². The lowest BCUT2D eigenvalue weighted by molar-refractivity contribution is 0.107. The molecule has 3 heteroatoms. The second kappa shape index (κ2) is 4.86. The summed E-state index contributed by atoms with van der Waals surface area (Å²) in [4.78, 5) is 1.59. The number of ether oxygens (including phenoxy) is 1. The molecule has 2 unspecified atom stereocenters. The third-order valence-electron chi connectivity index (χ3n) is 3.67. The first kappa shape index (κ1) is 10.8. The van der Waals surface area contributed by atoms with Crippen LogP contribution in [0.5, 0.6) is 0 Å². The maximum atomic E-state index is 5.65. The zero-order valence-electron chi connectivity index (χ0n) is 9.58. The fraction of sp³-hybridized carbons (Fsp3) is 0.692. The summed E-state index contributed by atoms with van der Waals surface area (Å²) in [6.07, 6.45) is 6.83. The molecule has 3 rings (SSSR count). The summed E-state index contributed by atoms with van der Waals surface area (Å²) in [7, 11) is 0. The van der Waals surface area contributed by atoms with Crippen LogP contribution in [0.25, 0.3) is 0 Å². The Balaban J connectivity index is 1.59. The van der Waals surface area contributed by atoms with E-state index in [9.17, 15) is 0 Å². The van der Waals surface area contributed by atoms with E-state index in [-0.39, 0.29) is 0 Å². The highest BCUT2D eigenvalue weighted by molar-refractivity contribution is 7.10.